The molecule has 2 heterocycles. The van der Waals surface area contributed by atoms with E-state index in [0.717, 1.165) is 10.4 Å². The average Bonchev–Trinajstić information content (AvgIpc) is 2.99. The molecule has 6 heteroatoms. The van der Waals surface area contributed by atoms with E-state index >= 15 is 0 Å². The van der Waals surface area contributed by atoms with E-state index in [2.05, 4.69) is 4.98 Å². The second-order valence-corrected chi connectivity index (χ2v) is 6.11. The maximum atomic E-state index is 12.3. The van der Waals surface area contributed by atoms with E-state index in [-0.39, 0.29) is 11.5 Å². The number of benzene rings is 1. The summed E-state index contributed by atoms with van der Waals surface area (Å²) < 4.78 is 1.58. The fraction of sp³-hybridized carbons (Fsp3) is 0.188. The Balaban J connectivity index is 1.87. The van der Waals surface area contributed by atoms with Crippen LogP contribution < -0.4 is 5.56 Å². The maximum Gasteiger partial charge on any atom is 0.262 e. The Morgan fingerprint density at radius 2 is 1.95 bits per heavy atom. The Labute approximate surface area is 131 Å². The van der Waals surface area contributed by atoms with E-state index in [1.807, 2.05) is 17.5 Å². The minimum atomic E-state index is -0.0419. The molecule has 0 radical (unpaired) electrons. The Bertz CT molecular complexity index is 878. The van der Waals surface area contributed by atoms with Crippen LogP contribution in [0.3, 0.4) is 0 Å². The molecule has 0 fully saturated rings. The predicted molar refractivity (Wildman–Crippen MR) is 87.4 cm³/mol. The quantitative estimate of drug-likeness (QED) is 0.745. The van der Waals surface area contributed by atoms with Crippen LogP contribution in [0.25, 0.3) is 10.2 Å². The van der Waals surface area contributed by atoms with Crippen LogP contribution in [-0.4, -0.2) is 34.5 Å². The van der Waals surface area contributed by atoms with E-state index in [1.165, 1.54) is 16.2 Å². The molecule has 5 nitrogen and oxygen atoms in total. The van der Waals surface area contributed by atoms with E-state index in [0.29, 0.717) is 17.5 Å². The minimum absolute atomic E-state index is 0.0370. The molecule has 0 aliphatic rings. The summed E-state index contributed by atoms with van der Waals surface area (Å²) in [4.78, 5) is 30.8. The standard InChI is InChI=1S/C16H15N3O2S/c1-18(2)15(20)12-5-3-11(4-6-12)9-19-10-17-14-13(16(19)21)7-8-22-14/h3-8,10H,9H2,1-2H3. The van der Waals surface area contributed by atoms with Gasteiger partial charge in [0.1, 0.15) is 4.83 Å². The molecule has 0 aliphatic carbocycles. The maximum absolute atomic E-state index is 12.3. The molecule has 112 valence electrons. The number of fused-ring (bicyclic) bond motifs is 1. The Morgan fingerprint density at radius 1 is 1.23 bits per heavy atom. The Morgan fingerprint density at radius 3 is 2.64 bits per heavy atom. The first-order valence-corrected chi connectivity index (χ1v) is 7.67. The number of hydrogen-bond donors (Lipinski definition) is 0. The van der Waals surface area contributed by atoms with Gasteiger partial charge < -0.3 is 4.90 Å². The topological polar surface area (TPSA) is 55.2 Å². The molecule has 0 N–H and O–H groups in total. The summed E-state index contributed by atoms with van der Waals surface area (Å²) in [6, 6.07) is 9.07. The molecule has 0 unspecified atom stereocenters. The molecule has 0 aliphatic heterocycles. The van der Waals surface area contributed by atoms with Crippen LogP contribution in [0.1, 0.15) is 15.9 Å². The molecule has 0 saturated carbocycles. The molecular formula is C16H15N3O2S. The molecular weight excluding hydrogens is 298 g/mol. The smallest absolute Gasteiger partial charge is 0.262 e. The molecule has 1 aromatic carbocycles. The number of carbonyl (C=O) groups is 1. The number of thiophene rings is 1. The summed E-state index contributed by atoms with van der Waals surface area (Å²) >= 11 is 1.46. The first kappa shape index (κ1) is 14.5. The van der Waals surface area contributed by atoms with Crippen molar-refractivity contribution < 1.29 is 4.79 Å². The van der Waals surface area contributed by atoms with E-state index in [1.54, 1.807) is 43.2 Å². The zero-order chi connectivity index (χ0) is 15.7. The van der Waals surface area contributed by atoms with E-state index in [9.17, 15) is 9.59 Å². The van der Waals surface area contributed by atoms with E-state index < -0.39 is 0 Å². The molecule has 0 bridgehead atoms. The van der Waals surface area contributed by atoms with Crippen molar-refractivity contribution in [2.75, 3.05) is 14.1 Å². The molecule has 0 spiro atoms. The van der Waals surface area contributed by atoms with Gasteiger partial charge in [0, 0.05) is 19.7 Å². The third-order valence-electron chi connectivity index (χ3n) is 3.41. The molecule has 1 amide bonds. The number of hydrogen-bond acceptors (Lipinski definition) is 4. The summed E-state index contributed by atoms with van der Waals surface area (Å²) in [5.74, 6) is -0.0370. The van der Waals surface area contributed by atoms with Crippen molar-refractivity contribution in [3.63, 3.8) is 0 Å². The summed E-state index contributed by atoms with van der Waals surface area (Å²) in [6.45, 7) is 0.439. The lowest BCUT2D eigenvalue weighted by Crippen LogP contribution is -2.22. The number of rotatable bonds is 3. The highest BCUT2D eigenvalue weighted by Crippen LogP contribution is 2.14. The van der Waals surface area contributed by atoms with Gasteiger partial charge >= 0.3 is 0 Å². The van der Waals surface area contributed by atoms with Crippen molar-refractivity contribution in [3.05, 3.63) is 63.5 Å². The number of aromatic nitrogens is 2. The van der Waals surface area contributed by atoms with Gasteiger partial charge in [-0.15, -0.1) is 11.3 Å². The van der Waals surface area contributed by atoms with Crippen molar-refractivity contribution in [1.29, 1.82) is 0 Å². The fourth-order valence-corrected chi connectivity index (χ4v) is 2.94. The van der Waals surface area contributed by atoms with Crippen LogP contribution in [-0.2, 0) is 6.54 Å². The van der Waals surface area contributed by atoms with Gasteiger partial charge in [-0.3, -0.25) is 14.2 Å². The largest absolute Gasteiger partial charge is 0.345 e. The van der Waals surface area contributed by atoms with Crippen molar-refractivity contribution in [2.24, 2.45) is 0 Å². The lowest BCUT2D eigenvalue weighted by atomic mass is 10.1. The molecule has 3 aromatic rings. The summed E-state index contributed by atoms with van der Waals surface area (Å²) in [6.07, 6.45) is 1.57. The van der Waals surface area contributed by atoms with Gasteiger partial charge in [-0.05, 0) is 29.1 Å². The zero-order valence-corrected chi connectivity index (χ0v) is 13.1. The summed E-state index contributed by atoms with van der Waals surface area (Å²) in [7, 11) is 3.44. The van der Waals surface area contributed by atoms with Gasteiger partial charge in [0.05, 0.1) is 18.3 Å². The zero-order valence-electron chi connectivity index (χ0n) is 12.3. The van der Waals surface area contributed by atoms with Gasteiger partial charge in [-0.25, -0.2) is 4.98 Å². The number of amides is 1. The van der Waals surface area contributed by atoms with Gasteiger partial charge in [-0.1, -0.05) is 12.1 Å². The molecule has 2 aromatic heterocycles. The van der Waals surface area contributed by atoms with Gasteiger partial charge in [0.15, 0.2) is 0 Å². The normalized spacial score (nSPS) is 10.8. The van der Waals surface area contributed by atoms with Crippen molar-refractivity contribution in [2.45, 2.75) is 6.54 Å². The highest BCUT2D eigenvalue weighted by Gasteiger charge is 2.08. The molecule has 3 rings (SSSR count). The summed E-state index contributed by atoms with van der Waals surface area (Å²) in [5, 5.41) is 2.51. The predicted octanol–water partition coefficient (Wildman–Crippen LogP) is 2.21. The number of carbonyl (C=O) groups excluding carboxylic acids is 1. The highest BCUT2D eigenvalue weighted by molar-refractivity contribution is 7.16. The van der Waals surface area contributed by atoms with Gasteiger partial charge in [0.25, 0.3) is 11.5 Å². The van der Waals surface area contributed by atoms with Crippen LogP contribution in [0.4, 0.5) is 0 Å². The lowest BCUT2D eigenvalue weighted by Gasteiger charge is -2.11. The van der Waals surface area contributed by atoms with Crippen LogP contribution in [0.15, 0.2) is 46.8 Å². The number of nitrogens with zero attached hydrogens (tertiary/aromatic N) is 3. The third kappa shape index (κ3) is 2.65. The van der Waals surface area contributed by atoms with Crippen LogP contribution in [0, 0.1) is 0 Å². The molecule has 22 heavy (non-hydrogen) atoms. The average molecular weight is 313 g/mol. The second kappa shape index (κ2) is 5.73. The third-order valence-corrected chi connectivity index (χ3v) is 4.23. The van der Waals surface area contributed by atoms with E-state index in [4.69, 9.17) is 0 Å². The van der Waals surface area contributed by atoms with Crippen LogP contribution >= 0.6 is 11.3 Å². The highest BCUT2D eigenvalue weighted by atomic mass is 32.1. The Kier molecular flexibility index (Phi) is 3.77. The van der Waals surface area contributed by atoms with Gasteiger partial charge in [0.2, 0.25) is 0 Å². The monoisotopic (exact) mass is 313 g/mol. The second-order valence-electron chi connectivity index (χ2n) is 5.21. The first-order chi connectivity index (χ1) is 10.6. The SMILES string of the molecule is CN(C)C(=O)c1ccc(Cn2cnc3sccc3c2=O)cc1. The summed E-state index contributed by atoms with van der Waals surface area (Å²) in [5.41, 5.74) is 1.54. The van der Waals surface area contributed by atoms with Crippen molar-refractivity contribution in [1.82, 2.24) is 14.5 Å². The minimum Gasteiger partial charge on any atom is -0.345 e. The fourth-order valence-electron chi connectivity index (χ4n) is 2.21. The van der Waals surface area contributed by atoms with Crippen molar-refractivity contribution >= 4 is 27.5 Å². The van der Waals surface area contributed by atoms with Gasteiger partial charge in [-0.2, -0.15) is 0 Å². The molecule has 0 saturated heterocycles. The van der Waals surface area contributed by atoms with Crippen LogP contribution in [0.2, 0.25) is 0 Å². The first-order valence-electron chi connectivity index (χ1n) is 6.79. The lowest BCUT2D eigenvalue weighted by molar-refractivity contribution is 0.0827. The van der Waals surface area contributed by atoms with Crippen molar-refractivity contribution in [3.8, 4) is 0 Å². The molecule has 0 atom stereocenters. The van der Waals surface area contributed by atoms with Crippen LogP contribution in [0.5, 0.6) is 0 Å². The Hall–Kier alpha value is -2.47.